The number of H-pyrrole nitrogens is 1. The van der Waals surface area contributed by atoms with Gasteiger partial charge in [0.2, 0.25) is 0 Å². The van der Waals surface area contributed by atoms with E-state index in [0.717, 1.165) is 43.4 Å². The van der Waals surface area contributed by atoms with Crippen molar-refractivity contribution >= 4 is 5.82 Å². The maximum Gasteiger partial charge on any atom is 0.128 e. The molecule has 1 aromatic carbocycles. The first kappa shape index (κ1) is 15.8. The summed E-state index contributed by atoms with van der Waals surface area (Å²) in [6.07, 6.45) is 7.71. The standard InChI is InChI=1S/C18H19F2N5/c19-13-3-4-16(20)15(10-13)17-2-1-8-24(17)18-5-7-23-25(18)9-6-14-11-21-12-22-14/h3-5,7,10-12,17H,1-2,6,8-9H2,(H,21,22). The van der Waals surface area contributed by atoms with E-state index in [-0.39, 0.29) is 11.9 Å². The van der Waals surface area contributed by atoms with Crippen molar-refractivity contribution in [3.63, 3.8) is 0 Å². The van der Waals surface area contributed by atoms with Gasteiger partial charge in [0.1, 0.15) is 17.5 Å². The number of halogens is 2. The molecule has 2 aromatic heterocycles. The van der Waals surface area contributed by atoms with Crippen molar-refractivity contribution in [1.29, 1.82) is 0 Å². The van der Waals surface area contributed by atoms with Gasteiger partial charge in [-0.15, -0.1) is 0 Å². The lowest BCUT2D eigenvalue weighted by molar-refractivity contribution is 0.549. The van der Waals surface area contributed by atoms with E-state index in [1.807, 2.05) is 10.7 Å². The highest BCUT2D eigenvalue weighted by Crippen LogP contribution is 2.37. The van der Waals surface area contributed by atoms with E-state index < -0.39 is 5.82 Å². The third kappa shape index (κ3) is 3.14. The molecule has 1 aliphatic heterocycles. The second kappa shape index (κ2) is 6.66. The second-order valence-electron chi connectivity index (χ2n) is 6.26. The Kier molecular flexibility index (Phi) is 4.21. The molecule has 25 heavy (non-hydrogen) atoms. The van der Waals surface area contributed by atoms with Gasteiger partial charge in [0.25, 0.3) is 0 Å². The Morgan fingerprint density at radius 2 is 2.16 bits per heavy atom. The molecule has 5 nitrogen and oxygen atoms in total. The molecule has 3 aromatic rings. The summed E-state index contributed by atoms with van der Waals surface area (Å²) >= 11 is 0. The molecule has 1 saturated heterocycles. The van der Waals surface area contributed by atoms with Crippen LogP contribution in [0.5, 0.6) is 0 Å². The van der Waals surface area contributed by atoms with Gasteiger partial charge in [0.05, 0.1) is 18.6 Å². The van der Waals surface area contributed by atoms with Gasteiger partial charge in [-0.25, -0.2) is 18.4 Å². The Labute approximate surface area is 144 Å². The Morgan fingerprint density at radius 1 is 1.24 bits per heavy atom. The van der Waals surface area contributed by atoms with Gasteiger partial charge in [-0.05, 0) is 31.0 Å². The summed E-state index contributed by atoms with van der Waals surface area (Å²) < 4.78 is 29.8. The van der Waals surface area contributed by atoms with Crippen molar-refractivity contribution in [2.45, 2.75) is 31.8 Å². The number of nitrogens with zero attached hydrogens (tertiary/aromatic N) is 4. The summed E-state index contributed by atoms with van der Waals surface area (Å²) in [5.41, 5.74) is 1.45. The summed E-state index contributed by atoms with van der Waals surface area (Å²) in [6, 6.07) is 5.44. The predicted molar refractivity (Wildman–Crippen MR) is 90.2 cm³/mol. The molecular weight excluding hydrogens is 324 g/mol. The maximum absolute atomic E-state index is 14.2. The number of hydrogen-bond acceptors (Lipinski definition) is 3. The summed E-state index contributed by atoms with van der Waals surface area (Å²) in [5.74, 6) is 0.170. The summed E-state index contributed by atoms with van der Waals surface area (Å²) in [6.45, 7) is 1.50. The monoisotopic (exact) mass is 343 g/mol. The van der Waals surface area contributed by atoms with Crippen LogP contribution >= 0.6 is 0 Å². The minimum absolute atomic E-state index is 0.168. The lowest BCUT2D eigenvalue weighted by Gasteiger charge is -2.27. The van der Waals surface area contributed by atoms with Crippen molar-refractivity contribution in [3.05, 3.63) is 65.9 Å². The Balaban J connectivity index is 1.58. The van der Waals surface area contributed by atoms with Gasteiger partial charge in [-0.2, -0.15) is 5.10 Å². The third-order valence-electron chi connectivity index (χ3n) is 4.71. The topological polar surface area (TPSA) is 49.7 Å². The molecule has 130 valence electrons. The van der Waals surface area contributed by atoms with Crippen LogP contribution in [0.1, 0.15) is 30.1 Å². The van der Waals surface area contributed by atoms with E-state index in [2.05, 4.69) is 20.0 Å². The molecule has 0 spiro atoms. The van der Waals surface area contributed by atoms with Crippen molar-refractivity contribution < 1.29 is 8.78 Å². The molecule has 0 bridgehead atoms. The van der Waals surface area contributed by atoms with Gasteiger partial charge >= 0.3 is 0 Å². The van der Waals surface area contributed by atoms with Crippen LogP contribution in [0.15, 0.2) is 43.0 Å². The van der Waals surface area contributed by atoms with E-state index in [9.17, 15) is 8.78 Å². The normalized spacial score (nSPS) is 17.4. The molecule has 7 heteroatoms. The SMILES string of the molecule is Fc1ccc(F)c(C2CCCN2c2ccnn2CCc2cnc[nH]2)c1. The van der Waals surface area contributed by atoms with Crippen LogP contribution in [-0.4, -0.2) is 26.3 Å². The second-order valence-corrected chi connectivity index (χ2v) is 6.26. The Bertz CT molecular complexity index is 843. The molecule has 0 amide bonds. The van der Waals surface area contributed by atoms with Gasteiger partial charge in [-0.1, -0.05) is 0 Å². The van der Waals surface area contributed by atoms with E-state index in [4.69, 9.17) is 0 Å². The van der Waals surface area contributed by atoms with Crippen molar-refractivity contribution in [3.8, 4) is 0 Å². The minimum Gasteiger partial charge on any atom is -0.350 e. The number of aromatic nitrogens is 4. The summed E-state index contributed by atoms with van der Waals surface area (Å²) in [5, 5.41) is 4.40. The fourth-order valence-corrected chi connectivity index (χ4v) is 3.52. The molecule has 1 fully saturated rings. The van der Waals surface area contributed by atoms with Crippen LogP contribution < -0.4 is 4.90 Å². The molecule has 1 N–H and O–H groups in total. The van der Waals surface area contributed by atoms with Gasteiger partial charge < -0.3 is 9.88 Å². The zero-order chi connectivity index (χ0) is 17.2. The highest BCUT2D eigenvalue weighted by molar-refractivity contribution is 5.44. The number of benzene rings is 1. The molecule has 0 aliphatic carbocycles. The average molecular weight is 343 g/mol. The van der Waals surface area contributed by atoms with Crippen LogP contribution in [0.25, 0.3) is 0 Å². The molecule has 1 atom stereocenters. The van der Waals surface area contributed by atoms with Gasteiger partial charge in [-0.3, -0.25) is 0 Å². The fourth-order valence-electron chi connectivity index (χ4n) is 3.52. The quantitative estimate of drug-likeness (QED) is 0.772. The van der Waals surface area contributed by atoms with Crippen LogP contribution in [0.3, 0.4) is 0 Å². The summed E-state index contributed by atoms with van der Waals surface area (Å²) in [4.78, 5) is 9.22. The number of imidazole rings is 1. The van der Waals surface area contributed by atoms with E-state index in [1.165, 1.54) is 12.1 Å². The first-order valence-corrected chi connectivity index (χ1v) is 8.43. The maximum atomic E-state index is 14.2. The third-order valence-corrected chi connectivity index (χ3v) is 4.71. The fraction of sp³-hybridized carbons (Fsp3) is 0.333. The molecule has 1 unspecified atom stereocenters. The van der Waals surface area contributed by atoms with Crippen molar-refractivity contribution in [1.82, 2.24) is 19.7 Å². The lowest BCUT2D eigenvalue weighted by Crippen LogP contribution is -2.26. The highest BCUT2D eigenvalue weighted by atomic mass is 19.1. The largest absolute Gasteiger partial charge is 0.350 e. The smallest absolute Gasteiger partial charge is 0.128 e. The van der Waals surface area contributed by atoms with Crippen LogP contribution in [0.4, 0.5) is 14.6 Å². The average Bonchev–Trinajstić information content (AvgIpc) is 3.35. The molecular formula is C18H19F2N5. The van der Waals surface area contributed by atoms with Gasteiger partial charge in [0, 0.05) is 43.0 Å². The molecule has 3 heterocycles. The van der Waals surface area contributed by atoms with Crippen LogP contribution in [-0.2, 0) is 13.0 Å². The first-order chi connectivity index (χ1) is 12.2. The van der Waals surface area contributed by atoms with Crippen molar-refractivity contribution in [2.75, 3.05) is 11.4 Å². The zero-order valence-corrected chi connectivity index (χ0v) is 13.7. The predicted octanol–water partition coefficient (Wildman–Crippen LogP) is 3.47. The van der Waals surface area contributed by atoms with Crippen LogP contribution in [0.2, 0.25) is 0 Å². The van der Waals surface area contributed by atoms with Gasteiger partial charge in [0.15, 0.2) is 0 Å². The van der Waals surface area contributed by atoms with E-state index in [0.29, 0.717) is 12.1 Å². The minimum atomic E-state index is -0.406. The number of aryl methyl sites for hydroxylation is 2. The van der Waals surface area contributed by atoms with Crippen molar-refractivity contribution in [2.24, 2.45) is 0 Å². The van der Waals surface area contributed by atoms with Crippen LogP contribution in [0, 0.1) is 11.6 Å². The number of rotatable bonds is 5. The van der Waals surface area contributed by atoms with E-state index >= 15 is 0 Å². The molecule has 0 saturated carbocycles. The Morgan fingerprint density at radius 3 is 3.00 bits per heavy atom. The first-order valence-electron chi connectivity index (χ1n) is 8.43. The molecule has 0 radical (unpaired) electrons. The number of anilines is 1. The Hall–Kier alpha value is -2.70. The number of aromatic amines is 1. The summed E-state index contributed by atoms with van der Waals surface area (Å²) in [7, 11) is 0. The number of hydrogen-bond donors (Lipinski definition) is 1. The molecule has 4 rings (SSSR count). The zero-order valence-electron chi connectivity index (χ0n) is 13.7. The molecule has 1 aliphatic rings. The number of nitrogens with one attached hydrogen (secondary N) is 1. The van der Waals surface area contributed by atoms with E-state index in [1.54, 1.807) is 18.7 Å². The lowest BCUT2D eigenvalue weighted by atomic mass is 10.0. The highest BCUT2D eigenvalue weighted by Gasteiger charge is 2.30.